The van der Waals surface area contributed by atoms with Gasteiger partial charge >= 0.3 is 0 Å². The summed E-state index contributed by atoms with van der Waals surface area (Å²) >= 11 is 6.23. The lowest BCUT2D eigenvalue weighted by Crippen LogP contribution is -2.37. The average molecular weight is 285 g/mol. The molecule has 0 atom stereocenters. The van der Waals surface area contributed by atoms with Crippen molar-refractivity contribution in [1.82, 2.24) is 4.98 Å². The minimum Gasteiger partial charge on any atom is -0.409 e. The van der Waals surface area contributed by atoms with Crippen LogP contribution in [0.4, 0.5) is 5.82 Å². The first-order chi connectivity index (χ1) is 9.02. The zero-order valence-corrected chi connectivity index (χ0v) is 11.4. The summed E-state index contributed by atoms with van der Waals surface area (Å²) in [6, 6.07) is 1.60. The predicted octanol–water partition coefficient (Wildman–Crippen LogP) is 1.04. The number of rotatable bonds is 4. The third-order valence-corrected chi connectivity index (χ3v) is 3.73. The number of nitrogens with two attached hydrogens (primary N) is 1. The Kier molecular flexibility index (Phi) is 4.11. The Labute approximate surface area is 116 Å². The quantitative estimate of drug-likeness (QED) is 0.332. The SMILES string of the molecule is CN(CC1CC(O)C1)c1nccc(/C(N)=N/O)c1Cl. The first-order valence-electron chi connectivity index (χ1n) is 6.04. The Morgan fingerprint density at radius 3 is 2.89 bits per heavy atom. The van der Waals surface area contributed by atoms with Gasteiger partial charge in [0.05, 0.1) is 11.1 Å². The minimum atomic E-state index is -0.176. The molecular formula is C12H17ClN4O2. The zero-order chi connectivity index (χ0) is 14.0. The maximum absolute atomic E-state index is 9.28. The fourth-order valence-corrected chi connectivity index (χ4v) is 2.63. The lowest BCUT2D eigenvalue weighted by Gasteiger charge is -2.35. The van der Waals surface area contributed by atoms with E-state index in [4.69, 9.17) is 22.5 Å². The standard InChI is InChI=1S/C12H17ClN4O2/c1-17(6-7-4-8(18)5-7)12-10(13)9(2-3-15-12)11(14)16-19/h2-3,7-8,18-19H,4-6H2,1H3,(H2,14,16). The number of oxime groups is 1. The molecule has 0 bridgehead atoms. The fraction of sp³-hybridized carbons (Fsp3) is 0.500. The van der Waals surface area contributed by atoms with Crippen LogP contribution >= 0.6 is 11.6 Å². The van der Waals surface area contributed by atoms with E-state index < -0.39 is 0 Å². The van der Waals surface area contributed by atoms with Gasteiger partial charge in [-0.05, 0) is 24.8 Å². The number of hydrogen-bond donors (Lipinski definition) is 3. The van der Waals surface area contributed by atoms with Gasteiger partial charge in [-0.2, -0.15) is 0 Å². The van der Waals surface area contributed by atoms with Crippen LogP contribution in [0.2, 0.25) is 5.02 Å². The molecule has 0 aromatic carbocycles. The van der Waals surface area contributed by atoms with Crippen LogP contribution < -0.4 is 10.6 Å². The number of anilines is 1. The topological polar surface area (TPSA) is 95.0 Å². The van der Waals surface area contributed by atoms with Crippen molar-refractivity contribution < 1.29 is 10.3 Å². The number of halogens is 1. The highest BCUT2D eigenvalue weighted by molar-refractivity contribution is 6.36. The monoisotopic (exact) mass is 284 g/mol. The van der Waals surface area contributed by atoms with Gasteiger partial charge in [0, 0.05) is 25.4 Å². The lowest BCUT2D eigenvalue weighted by atomic mass is 9.82. The van der Waals surface area contributed by atoms with E-state index in [2.05, 4.69) is 10.1 Å². The van der Waals surface area contributed by atoms with Crippen molar-refractivity contribution in [2.45, 2.75) is 18.9 Å². The number of hydrogen-bond acceptors (Lipinski definition) is 5. The van der Waals surface area contributed by atoms with Crippen molar-refractivity contribution in [1.29, 1.82) is 0 Å². The van der Waals surface area contributed by atoms with Crippen molar-refractivity contribution in [3.63, 3.8) is 0 Å². The largest absolute Gasteiger partial charge is 0.409 e. The number of aliphatic hydroxyl groups is 1. The minimum absolute atomic E-state index is 0.0406. The smallest absolute Gasteiger partial charge is 0.171 e. The second kappa shape index (κ2) is 5.63. The van der Waals surface area contributed by atoms with E-state index in [0.717, 1.165) is 19.4 Å². The molecule has 2 rings (SSSR count). The van der Waals surface area contributed by atoms with Crippen molar-refractivity contribution in [3.05, 3.63) is 22.8 Å². The first kappa shape index (κ1) is 13.9. The summed E-state index contributed by atoms with van der Waals surface area (Å²) in [5.41, 5.74) is 6.01. The fourth-order valence-electron chi connectivity index (χ4n) is 2.27. The number of aromatic nitrogens is 1. The Morgan fingerprint density at radius 2 is 2.32 bits per heavy atom. The molecule has 0 amide bonds. The van der Waals surface area contributed by atoms with Crippen molar-refractivity contribution in [2.75, 3.05) is 18.5 Å². The van der Waals surface area contributed by atoms with Gasteiger partial charge in [-0.1, -0.05) is 16.8 Å². The lowest BCUT2D eigenvalue weighted by molar-refractivity contribution is 0.0464. The van der Waals surface area contributed by atoms with Crippen LogP contribution in [-0.4, -0.2) is 40.8 Å². The second-order valence-corrected chi connectivity index (χ2v) is 5.23. The molecule has 1 saturated carbocycles. The maximum atomic E-state index is 9.28. The highest BCUT2D eigenvalue weighted by atomic mass is 35.5. The molecule has 1 aromatic rings. The van der Waals surface area contributed by atoms with Gasteiger partial charge in [0.15, 0.2) is 5.84 Å². The highest BCUT2D eigenvalue weighted by Gasteiger charge is 2.28. The molecule has 19 heavy (non-hydrogen) atoms. The molecule has 1 aliphatic carbocycles. The maximum Gasteiger partial charge on any atom is 0.171 e. The molecule has 0 radical (unpaired) electrons. The molecule has 0 saturated heterocycles. The van der Waals surface area contributed by atoms with Gasteiger partial charge in [0.1, 0.15) is 5.82 Å². The number of nitrogens with zero attached hydrogens (tertiary/aromatic N) is 3. The molecule has 104 valence electrons. The van der Waals surface area contributed by atoms with E-state index in [1.165, 1.54) is 0 Å². The third kappa shape index (κ3) is 2.90. The number of aliphatic hydroxyl groups excluding tert-OH is 1. The summed E-state index contributed by atoms with van der Waals surface area (Å²) in [5.74, 6) is 0.999. The normalized spacial score (nSPS) is 23.0. The van der Waals surface area contributed by atoms with Gasteiger partial charge in [-0.15, -0.1) is 0 Å². The first-order valence-corrected chi connectivity index (χ1v) is 6.42. The summed E-state index contributed by atoms with van der Waals surface area (Å²) in [7, 11) is 1.88. The van der Waals surface area contributed by atoms with E-state index in [0.29, 0.717) is 22.3 Å². The van der Waals surface area contributed by atoms with Gasteiger partial charge < -0.3 is 20.9 Å². The van der Waals surface area contributed by atoms with Crippen LogP contribution in [0.15, 0.2) is 17.4 Å². The van der Waals surface area contributed by atoms with Gasteiger partial charge in [-0.3, -0.25) is 0 Å². The van der Waals surface area contributed by atoms with E-state index in [-0.39, 0.29) is 11.9 Å². The second-order valence-electron chi connectivity index (χ2n) is 4.85. The molecule has 0 unspecified atom stereocenters. The number of amidine groups is 1. The van der Waals surface area contributed by atoms with Crippen molar-refractivity contribution in [2.24, 2.45) is 16.8 Å². The Morgan fingerprint density at radius 1 is 1.63 bits per heavy atom. The van der Waals surface area contributed by atoms with E-state index in [1.807, 2.05) is 11.9 Å². The van der Waals surface area contributed by atoms with Crippen LogP contribution in [0, 0.1) is 5.92 Å². The Bertz CT molecular complexity index is 489. The molecule has 0 aliphatic heterocycles. The zero-order valence-electron chi connectivity index (χ0n) is 10.6. The third-order valence-electron chi connectivity index (χ3n) is 3.36. The Hall–Kier alpha value is -1.53. The van der Waals surface area contributed by atoms with Crippen LogP contribution in [0.1, 0.15) is 18.4 Å². The molecule has 0 spiro atoms. The molecule has 1 aromatic heterocycles. The van der Waals surface area contributed by atoms with Crippen LogP contribution in [0.25, 0.3) is 0 Å². The molecule has 6 nitrogen and oxygen atoms in total. The molecule has 1 heterocycles. The highest BCUT2D eigenvalue weighted by Crippen LogP contribution is 2.31. The summed E-state index contributed by atoms with van der Waals surface area (Å²) in [6.45, 7) is 0.767. The molecule has 4 N–H and O–H groups in total. The molecule has 1 fully saturated rings. The van der Waals surface area contributed by atoms with E-state index in [1.54, 1.807) is 12.3 Å². The van der Waals surface area contributed by atoms with Gasteiger partial charge in [-0.25, -0.2) is 4.98 Å². The van der Waals surface area contributed by atoms with Crippen LogP contribution in [-0.2, 0) is 0 Å². The summed E-state index contributed by atoms with van der Waals surface area (Å²) in [6.07, 6.45) is 3.01. The molecule has 7 heteroatoms. The number of pyridine rings is 1. The molecular weight excluding hydrogens is 268 g/mol. The van der Waals surface area contributed by atoms with Crippen molar-refractivity contribution >= 4 is 23.3 Å². The van der Waals surface area contributed by atoms with Crippen LogP contribution in [0.5, 0.6) is 0 Å². The predicted molar refractivity (Wildman–Crippen MR) is 73.8 cm³/mol. The molecule has 1 aliphatic rings. The summed E-state index contributed by atoms with van der Waals surface area (Å²) in [5, 5.41) is 21.3. The van der Waals surface area contributed by atoms with Crippen LogP contribution in [0.3, 0.4) is 0 Å². The van der Waals surface area contributed by atoms with Gasteiger partial charge in [0.25, 0.3) is 0 Å². The summed E-state index contributed by atoms with van der Waals surface area (Å²) in [4.78, 5) is 6.15. The Balaban J connectivity index is 2.15. The average Bonchev–Trinajstić information content (AvgIpc) is 2.36. The van der Waals surface area contributed by atoms with Crippen molar-refractivity contribution in [3.8, 4) is 0 Å². The summed E-state index contributed by atoms with van der Waals surface area (Å²) < 4.78 is 0. The van der Waals surface area contributed by atoms with E-state index >= 15 is 0 Å². The van der Waals surface area contributed by atoms with Gasteiger partial charge in [0.2, 0.25) is 0 Å². The van der Waals surface area contributed by atoms with E-state index in [9.17, 15) is 5.11 Å².